The highest BCUT2D eigenvalue weighted by molar-refractivity contribution is 6.06. The van der Waals surface area contributed by atoms with Crippen LogP contribution >= 0.6 is 0 Å². The third kappa shape index (κ3) is 4.85. The van der Waals surface area contributed by atoms with Crippen LogP contribution in [-0.4, -0.2) is 24.5 Å². The number of imide groups is 1. The average Bonchev–Trinajstić information content (AvgIpc) is 2.53. The van der Waals surface area contributed by atoms with Crippen molar-refractivity contribution < 1.29 is 19.1 Å². The Morgan fingerprint density at radius 2 is 1.61 bits per heavy atom. The SMILES string of the molecule is NC(=O)NC(=O)COc1ccccc1C(=O)Nc1ccccc1. The third-order valence-electron chi connectivity index (χ3n) is 2.78. The zero-order chi connectivity index (χ0) is 16.7. The molecule has 4 N–H and O–H groups in total. The number of amides is 4. The highest BCUT2D eigenvalue weighted by atomic mass is 16.5. The summed E-state index contributed by atoms with van der Waals surface area (Å²) < 4.78 is 5.28. The number of hydrogen-bond donors (Lipinski definition) is 3. The number of carbonyl (C=O) groups excluding carboxylic acids is 3. The lowest BCUT2D eigenvalue weighted by molar-refractivity contribution is -0.121. The number of urea groups is 1. The number of benzene rings is 2. The summed E-state index contributed by atoms with van der Waals surface area (Å²) >= 11 is 0. The summed E-state index contributed by atoms with van der Waals surface area (Å²) in [7, 11) is 0. The molecule has 0 atom stereocenters. The molecule has 0 fully saturated rings. The second-order valence-electron chi connectivity index (χ2n) is 4.52. The normalized spacial score (nSPS) is 9.74. The van der Waals surface area contributed by atoms with E-state index in [1.54, 1.807) is 48.5 Å². The van der Waals surface area contributed by atoms with Crippen LogP contribution in [0.25, 0.3) is 0 Å². The van der Waals surface area contributed by atoms with E-state index in [2.05, 4.69) is 5.32 Å². The van der Waals surface area contributed by atoms with Crippen LogP contribution < -0.4 is 21.1 Å². The number of rotatable bonds is 5. The Hall–Kier alpha value is -3.35. The Balaban J connectivity index is 2.06. The van der Waals surface area contributed by atoms with Crippen LogP contribution in [0, 0.1) is 0 Å². The number of primary amides is 1. The van der Waals surface area contributed by atoms with E-state index in [1.807, 2.05) is 11.4 Å². The van der Waals surface area contributed by atoms with Gasteiger partial charge in [0.05, 0.1) is 5.56 Å². The lowest BCUT2D eigenvalue weighted by Gasteiger charge is -2.11. The van der Waals surface area contributed by atoms with Crippen LogP contribution in [-0.2, 0) is 4.79 Å². The molecular weight excluding hydrogens is 298 g/mol. The van der Waals surface area contributed by atoms with E-state index in [4.69, 9.17) is 10.5 Å². The van der Waals surface area contributed by atoms with Gasteiger partial charge in [-0.15, -0.1) is 0 Å². The molecule has 2 aromatic carbocycles. The number of anilines is 1. The number of nitrogens with two attached hydrogens (primary N) is 1. The largest absolute Gasteiger partial charge is 0.483 e. The number of nitrogens with one attached hydrogen (secondary N) is 2. The average molecular weight is 313 g/mol. The first kappa shape index (κ1) is 16.0. The number of para-hydroxylation sites is 2. The summed E-state index contributed by atoms with van der Waals surface area (Å²) in [5, 5.41) is 4.60. The fourth-order valence-corrected chi connectivity index (χ4v) is 1.82. The van der Waals surface area contributed by atoms with Gasteiger partial charge in [0.15, 0.2) is 6.61 Å². The molecule has 0 aliphatic carbocycles. The predicted molar refractivity (Wildman–Crippen MR) is 84.1 cm³/mol. The standard InChI is InChI=1S/C16H15N3O4/c17-16(22)19-14(20)10-23-13-9-5-4-8-12(13)15(21)18-11-6-2-1-3-7-11/h1-9H,10H2,(H,18,21)(H3,17,19,20,22). The number of ether oxygens (including phenoxy) is 1. The molecule has 2 aromatic rings. The van der Waals surface area contributed by atoms with Crippen LogP contribution in [0.5, 0.6) is 5.75 Å². The minimum Gasteiger partial charge on any atom is -0.483 e. The van der Waals surface area contributed by atoms with Crippen LogP contribution in [0.2, 0.25) is 0 Å². The monoisotopic (exact) mass is 313 g/mol. The number of carbonyl (C=O) groups is 3. The second kappa shape index (κ2) is 7.60. The van der Waals surface area contributed by atoms with Gasteiger partial charge in [0.1, 0.15) is 5.75 Å². The lowest BCUT2D eigenvalue weighted by Crippen LogP contribution is -2.38. The maximum atomic E-state index is 12.3. The summed E-state index contributed by atoms with van der Waals surface area (Å²) in [4.78, 5) is 34.2. The van der Waals surface area contributed by atoms with Crippen molar-refractivity contribution in [1.82, 2.24) is 5.32 Å². The zero-order valence-electron chi connectivity index (χ0n) is 12.1. The number of hydrogen-bond acceptors (Lipinski definition) is 4. The Morgan fingerprint density at radius 3 is 2.30 bits per heavy atom. The predicted octanol–water partition coefficient (Wildman–Crippen LogP) is 1.51. The molecule has 0 saturated heterocycles. The molecule has 0 spiro atoms. The molecule has 0 aromatic heterocycles. The Bertz CT molecular complexity index is 716. The van der Waals surface area contributed by atoms with E-state index in [9.17, 15) is 14.4 Å². The smallest absolute Gasteiger partial charge is 0.318 e. The molecule has 0 bridgehead atoms. The van der Waals surface area contributed by atoms with Crippen LogP contribution in [0.15, 0.2) is 54.6 Å². The first-order chi connectivity index (χ1) is 11.1. The first-order valence-corrected chi connectivity index (χ1v) is 6.74. The summed E-state index contributed by atoms with van der Waals surface area (Å²) in [5.41, 5.74) is 5.74. The van der Waals surface area contributed by atoms with Crippen LogP contribution in [0.1, 0.15) is 10.4 Å². The molecule has 7 heteroatoms. The maximum Gasteiger partial charge on any atom is 0.318 e. The Kier molecular flexibility index (Phi) is 5.30. The van der Waals surface area contributed by atoms with Crippen molar-refractivity contribution in [2.75, 3.05) is 11.9 Å². The van der Waals surface area contributed by atoms with Gasteiger partial charge in [0.25, 0.3) is 11.8 Å². The van der Waals surface area contributed by atoms with Crippen molar-refractivity contribution in [3.8, 4) is 5.75 Å². The molecule has 0 heterocycles. The van der Waals surface area contributed by atoms with Crippen molar-refractivity contribution >= 4 is 23.5 Å². The van der Waals surface area contributed by atoms with Gasteiger partial charge in [0, 0.05) is 5.69 Å². The van der Waals surface area contributed by atoms with Gasteiger partial charge in [-0.3, -0.25) is 14.9 Å². The van der Waals surface area contributed by atoms with Gasteiger partial charge >= 0.3 is 6.03 Å². The fourth-order valence-electron chi connectivity index (χ4n) is 1.82. The summed E-state index contributed by atoms with van der Waals surface area (Å²) in [6, 6.07) is 14.4. The lowest BCUT2D eigenvalue weighted by atomic mass is 10.2. The zero-order valence-corrected chi connectivity index (χ0v) is 12.1. The maximum absolute atomic E-state index is 12.3. The van der Waals surface area contributed by atoms with Gasteiger partial charge in [-0.1, -0.05) is 30.3 Å². The summed E-state index contributed by atoms with van der Waals surface area (Å²) in [6.45, 7) is -0.432. The van der Waals surface area contributed by atoms with Crippen molar-refractivity contribution in [2.24, 2.45) is 5.73 Å². The highest BCUT2D eigenvalue weighted by Gasteiger charge is 2.14. The van der Waals surface area contributed by atoms with E-state index < -0.39 is 18.5 Å². The van der Waals surface area contributed by atoms with Crippen molar-refractivity contribution in [3.63, 3.8) is 0 Å². The molecular formula is C16H15N3O4. The summed E-state index contributed by atoms with van der Waals surface area (Å²) in [6.07, 6.45) is 0. The molecule has 0 radical (unpaired) electrons. The minimum absolute atomic E-state index is 0.223. The van der Waals surface area contributed by atoms with E-state index >= 15 is 0 Å². The molecule has 118 valence electrons. The fraction of sp³-hybridized carbons (Fsp3) is 0.0625. The third-order valence-corrected chi connectivity index (χ3v) is 2.78. The Labute approximate surface area is 132 Å². The molecule has 0 aliphatic heterocycles. The van der Waals surface area contributed by atoms with Crippen molar-refractivity contribution in [3.05, 3.63) is 60.2 Å². The van der Waals surface area contributed by atoms with E-state index in [0.717, 1.165) is 0 Å². The molecule has 4 amide bonds. The molecule has 23 heavy (non-hydrogen) atoms. The van der Waals surface area contributed by atoms with Gasteiger partial charge < -0.3 is 15.8 Å². The molecule has 7 nitrogen and oxygen atoms in total. The van der Waals surface area contributed by atoms with Crippen LogP contribution in [0.4, 0.5) is 10.5 Å². The van der Waals surface area contributed by atoms with E-state index in [0.29, 0.717) is 5.69 Å². The first-order valence-electron chi connectivity index (χ1n) is 6.74. The molecule has 0 saturated carbocycles. The summed E-state index contributed by atoms with van der Waals surface area (Å²) in [5.74, 6) is -0.849. The molecule has 0 unspecified atom stereocenters. The van der Waals surface area contributed by atoms with Crippen molar-refractivity contribution in [2.45, 2.75) is 0 Å². The Morgan fingerprint density at radius 1 is 0.957 bits per heavy atom. The van der Waals surface area contributed by atoms with Crippen LogP contribution in [0.3, 0.4) is 0 Å². The van der Waals surface area contributed by atoms with Gasteiger partial charge in [-0.2, -0.15) is 0 Å². The van der Waals surface area contributed by atoms with Gasteiger partial charge in [-0.25, -0.2) is 4.79 Å². The highest BCUT2D eigenvalue weighted by Crippen LogP contribution is 2.19. The van der Waals surface area contributed by atoms with Gasteiger partial charge in [-0.05, 0) is 24.3 Å². The van der Waals surface area contributed by atoms with E-state index in [1.165, 1.54) is 0 Å². The molecule has 2 rings (SSSR count). The second-order valence-corrected chi connectivity index (χ2v) is 4.52. The van der Waals surface area contributed by atoms with Crippen molar-refractivity contribution in [1.29, 1.82) is 0 Å². The topological polar surface area (TPSA) is 111 Å². The van der Waals surface area contributed by atoms with E-state index in [-0.39, 0.29) is 17.2 Å². The molecule has 0 aliphatic rings. The quantitative estimate of drug-likeness (QED) is 0.777. The minimum atomic E-state index is -0.964. The van der Waals surface area contributed by atoms with Gasteiger partial charge in [0.2, 0.25) is 0 Å².